The van der Waals surface area contributed by atoms with Crippen LogP contribution in [0.15, 0.2) is 24.3 Å². The van der Waals surface area contributed by atoms with Crippen molar-refractivity contribution < 1.29 is 0 Å². The smallest absolute Gasteiger partial charge is 0.0991 e. The zero-order chi connectivity index (χ0) is 12.1. The molecule has 0 aliphatic carbocycles. The van der Waals surface area contributed by atoms with Crippen molar-refractivity contribution in [2.24, 2.45) is 5.92 Å². The van der Waals surface area contributed by atoms with Crippen LogP contribution in [0.1, 0.15) is 31.9 Å². The summed E-state index contributed by atoms with van der Waals surface area (Å²) in [7, 11) is 2.14. The lowest BCUT2D eigenvalue weighted by Crippen LogP contribution is -2.32. The van der Waals surface area contributed by atoms with Crippen LogP contribution in [0, 0.1) is 17.2 Å². The normalized spacial score (nSPS) is 12.8. The highest BCUT2D eigenvalue weighted by molar-refractivity contribution is 5.31. The van der Waals surface area contributed by atoms with E-state index in [4.69, 9.17) is 5.26 Å². The first-order chi connectivity index (χ1) is 7.54. The Morgan fingerprint density at radius 2 is 1.75 bits per heavy atom. The van der Waals surface area contributed by atoms with E-state index in [1.165, 1.54) is 5.56 Å². The maximum absolute atomic E-state index is 8.71. The second-order valence-electron chi connectivity index (χ2n) is 4.71. The molecule has 0 bridgehead atoms. The summed E-state index contributed by atoms with van der Waals surface area (Å²) in [5, 5.41) is 8.71. The third-order valence-electron chi connectivity index (χ3n) is 3.18. The Kier molecular flexibility index (Phi) is 4.52. The molecule has 0 saturated carbocycles. The van der Waals surface area contributed by atoms with Crippen LogP contribution in [0.25, 0.3) is 0 Å². The molecule has 0 radical (unpaired) electrons. The fraction of sp³-hybridized carbons (Fsp3) is 0.500. The minimum Gasteiger partial charge on any atom is -0.299 e. The van der Waals surface area contributed by atoms with Gasteiger partial charge >= 0.3 is 0 Å². The van der Waals surface area contributed by atoms with E-state index in [0.29, 0.717) is 12.0 Å². The molecule has 86 valence electrons. The highest BCUT2D eigenvalue weighted by atomic mass is 15.1. The Balaban J connectivity index is 2.63. The first-order valence-corrected chi connectivity index (χ1v) is 5.74. The van der Waals surface area contributed by atoms with Gasteiger partial charge in [0.2, 0.25) is 0 Å². The summed E-state index contributed by atoms with van der Waals surface area (Å²) in [4.78, 5) is 2.34. The molecule has 0 fully saturated rings. The minimum atomic E-state index is 0.565. The molecule has 2 nitrogen and oxygen atoms in total. The summed E-state index contributed by atoms with van der Waals surface area (Å²) in [6, 6.07) is 10.5. The number of hydrogen-bond acceptors (Lipinski definition) is 2. The van der Waals surface area contributed by atoms with Crippen LogP contribution >= 0.6 is 0 Å². The summed E-state index contributed by atoms with van der Waals surface area (Å²) >= 11 is 0. The zero-order valence-corrected chi connectivity index (χ0v) is 10.6. The van der Waals surface area contributed by atoms with Gasteiger partial charge in [-0.25, -0.2) is 0 Å². The standard InChI is InChI=1S/C14H20N2/c1-11(2)12(3)16(4)10-14-7-5-13(9-15)6-8-14/h5-8,11-12H,10H2,1-4H3. The van der Waals surface area contributed by atoms with E-state index < -0.39 is 0 Å². The Hall–Kier alpha value is -1.33. The van der Waals surface area contributed by atoms with Crippen LogP contribution in [0.3, 0.4) is 0 Å². The molecule has 0 heterocycles. The largest absolute Gasteiger partial charge is 0.299 e. The fourth-order valence-corrected chi connectivity index (χ4v) is 1.63. The molecule has 0 amide bonds. The topological polar surface area (TPSA) is 27.0 Å². The van der Waals surface area contributed by atoms with Gasteiger partial charge in [0.15, 0.2) is 0 Å². The molecule has 0 aliphatic heterocycles. The molecule has 0 N–H and O–H groups in total. The maximum Gasteiger partial charge on any atom is 0.0991 e. The summed E-state index contributed by atoms with van der Waals surface area (Å²) in [6.45, 7) is 7.65. The summed E-state index contributed by atoms with van der Waals surface area (Å²) < 4.78 is 0. The predicted molar refractivity (Wildman–Crippen MR) is 66.9 cm³/mol. The molecule has 2 heteroatoms. The molecule has 0 saturated heterocycles. The van der Waals surface area contributed by atoms with Crippen molar-refractivity contribution in [1.29, 1.82) is 5.26 Å². The average molecular weight is 216 g/mol. The van der Waals surface area contributed by atoms with Crippen molar-refractivity contribution in [3.8, 4) is 6.07 Å². The number of hydrogen-bond donors (Lipinski definition) is 0. The van der Waals surface area contributed by atoms with Gasteiger partial charge in [-0.05, 0) is 37.6 Å². The lowest BCUT2D eigenvalue weighted by atomic mass is 10.0. The van der Waals surface area contributed by atoms with E-state index in [1.54, 1.807) is 0 Å². The monoisotopic (exact) mass is 216 g/mol. The second kappa shape index (κ2) is 5.67. The van der Waals surface area contributed by atoms with Crippen LogP contribution in [0.5, 0.6) is 0 Å². The Morgan fingerprint density at radius 1 is 1.19 bits per heavy atom. The van der Waals surface area contributed by atoms with E-state index in [9.17, 15) is 0 Å². The summed E-state index contributed by atoms with van der Waals surface area (Å²) in [5.41, 5.74) is 1.98. The van der Waals surface area contributed by atoms with Crippen molar-refractivity contribution in [2.45, 2.75) is 33.4 Å². The number of benzene rings is 1. The Labute approximate surface area is 98.5 Å². The molecule has 1 rings (SSSR count). The van der Waals surface area contributed by atoms with Gasteiger partial charge in [-0.1, -0.05) is 26.0 Å². The highest BCUT2D eigenvalue weighted by Crippen LogP contribution is 2.12. The number of nitrogens with zero attached hydrogens (tertiary/aromatic N) is 2. The van der Waals surface area contributed by atoms with E-state index in [-0.39, 0.29) is 0 Å². The quantitative estimate of drug-likeness (QED) is 0.773. The third kappa shape index (κ3) is 3.36. The van der Waals surface area contributed by atoms with Gasteiger partial charge in [0.1, 0.15) is 0 Å². The maximum atomic E-state index is 8.71. The van der Waals surface area contributed by atoms with Crippen molar-refractivity contribution >= 4 is 0 Å². The molecule has 1 aromatic carbocycles. The SMILES string of the molecule is CC(C)C(C)N(C)Cc1ccc(C#N)cc1. The first kappa shape index (κ1) is 12.7. The molecule has 0 aromatic heterocycles. The molecule has 0 spiro atoms. The van der Waals surface area contributed by atoms with Crippen molar-refractivity contribution in [2.75, 3.05) is 7.05 Å². The van der Waals surface area contributed by atoms with E-state index >= 15 is 0 Å². The van der Waals surface area contributed by atoms with Gasteiger partial charge in [0.05, 0.1) is 11.6 Å². The van der Waals surface area contributed by atoms with Gasteiger partial charge in [-0.3, -0.25) is 4.90 Å². The zero-order valence-electron chi connectivity index (χ0n) is 10.6. The molecule has 16 heavy (non-hydrogen) atoms. The summed E-state index contributed by atoms with van der Waals surface area (Å²) in [5.74, 6) is 0.656. The Bertz CT molecular complexity index is 359. The number of nitriles is 1. The Morgan fingerprint density at radius 3 is 2.19 bits per heavy atom. The summed E-state index contributed by atoms with van der Waals surface area (Å²) in [6.07, 6.45) is 0. The minimum absolute atomic E-state index is 0.565. The third-order valence-corrected chi connectivity index (χ3v) is 3.18. The molecule has 1 atom stereocenters. The van der Waals surface area contributed by atoms with E-state index in [1.807, 2.05) is 24.3 Å². The van der Waals surface area contributed by atoms with Crippen LogP contribution in [0.2, 0.25) is 0 Å². The first-order valence-electron chi connectivity index (χ1n) is 5.74. The molecular weight excluding hydrogens is 196 g/mol. The molecular formula is C14H20N2. The van der Waals surface area contributed by atoms with Crippen molar-refractivity contribution in [3.63, 3.8) is 0 Å². The van der Waals surface area contributed by atoms with Crippen molar-refractivity contribution in [3.05, 3.63) is 35.4 Å². The van der Waals surface area contributed by atoms with E-state index in [2.05, 4.69) is 38.8 Å². The highest BCUT2D eigenvalue weighted by Gasteiger charge is 2.12. The van der Waals surface area contributed by atoms with Gasteiger partial charge in [-0.15, -0.1) is 0 Å². The van der Waals surface area contributed by atoms with Gasteiger partial charge < -0.3 is 0 Å². The van der Waals surface area contributed by atoms with Gasteiger partial charge in [-0.2, -0.15) is 5.26 Å². The van der Waals surface area contributed by atoms with Gasteiger partial charge in [0.25, 0.3) is 0 Å². The lowest BCUT2D eigenvalue weighted by Gasteiger charge is -2.27. The number of rotatable bonds is 4. The lowest BCUT2D eigenvalue weighted by molar-refractivity contribution is 0.200. The van der Waals surface area contributed by atoms with Crippen molar-refractivity contribution in [1.82, 2.24) is 4.90 Å². The van der Waals surface area contributed by atoms with E-state index in [0.717, 1.165) is 12.1 Å². The second-order valence-corrected chi connectivity index (χ2v) is 4.71. The molecule has 0 aliphatic rings. The molecule has 1 unspecified atom stereocenters. The molecule has 1 aromatic rings. The van der Waals surface area contributed by atoms with Crippen LogP contribution in [-0.2, 0) is 6.54 Å². The van der Waals surface area contributed by atoms with Gasteiger partial charge in [0, 0.05) is 12.6 Å². The predicted octanol–water partition coefficient (Wildman–Crippen LogP) is 3.03. The fourth-order valence-electron chi connectivity index (χ4n) is 1.63. The van der Waals surface area contributed by atoms with Crippen LogP contribution < -0.4 is 0 Å². The van der Waals surface area contributed by atoms with Crippen LogP contribution in [0.4, 0.5) is 0 Å². The van der Waals surface area contributed by atoms with Crippen LogP contribution in [-0.4, -0.2) is 18.0 Å². The average Bonchev–Trinajstić information content (AvgIpc) is 2.28.